The fraction of sp³-hybridized carbons (Fsp3) is 0.444. The van der Waals surface area contributed by atoms with Gasteiger partial charge in [-0.25, -0.2) is 0 Å². The average Bonchev–Trinajstić information content (AvgIpc) is 3.11. The number of nitrogens with zero attached hydrogens (tertiary/aromatic N) is 2. The summed E-state index contributed by atoms with van der Waals surface area (Å²) >= 11 is 0. The molecule has 25 heavy (non-hydrogen) atoms. The molecule has 0 saturated carbocycles. The monoisotopic (exact) mass is 364 g/mol. The summed E-state index contributed by atoms with van der Waals surface area (Å²) in [5.74, 6) is -0.260. The molecule has 1 fully saturated rings. The van der Waals surface area contributed by atoms with Crippen molar-refractivity contribution in [1.82, 2.24) is 20.4 Å². The first-order valence-electron chi connectivity index (χ1n) is 8.42. The van der Waals surface area contributed by atoms with E-state index in [2.05, 4.69) is 15.7 Å². The second-order valence-electron chi connectivity index (χ2n) is 6.32. The van der Waals surface area contributed by atoms with Gasteiger partial charge in [-0.05, 0) is 37.9 Å². The number of aryl methyl sites for hydroxylation is 1. The van der Waals surface area contributed by atoms with Gasteiger partial charge in [0, 0.05) is 19.3 Å². The van der Waals surface area contributed by atoms with Crippen molar-refractivity contribution < 1.29 is 9.90 Å². The summed E-state index contributed by atoms with van der Waals surface area (Å²) in [6, 6.07) is 9.66. The van der Waals surface area contributed by atoms with Gasteiger partial charge in [0.2, 0.25) is 0 Å². The number of hydrogen-bond donors (Lipinski definition) is 3. The predicted octanol–water partition coefficient (Wildman–Crippen LogP) is 2.00. The standard InChI is InChI=1S/C18H24N4O2.ClH/c1-13-4-6-14(7-5-13)17(23)12-20-18(24)16-8-10-22(21-16)15-3-2-9-19-11-15;/h4-8,10,15,17,19,23H,2-3,9,11-12H2,1H3,(H,20,24);1H. The number of nitrogens with one attached hydrogen (secondary N) is 2. The molecule has 6 nitrogen and oxygen atoms in total. The van der Waals surface area contributed by atoms with E-state index < -0.39 is 6.10 Å². The number of rotatable bonds is 5. The van der Waals surface area contributed by atoms with Crippen LogP contribution in [0, 0.1) is 6.92 Å². The van der Waals surface area contributed by atoms with Gasteiger partial charge < -0.3 is 15.7 Å². The highest BCUT2D eigenvalue weighted by atomic mass is 35.5. The lowest BCUT2D eigenvalue weighted by atomic mass is 10.1. The van der Waals surface area contributed by atoms with E-state index in [-0.39, 0.29) is 24.9 Å². The summed E-state index contributed by atoms with van der Waals surface area (Å²) in [6.45, 7) is 4.09. The molecule has 2 heterocycles. The molecule has 0 bridgehead atoms. The lowest BCUT2D eigenvalue weighted by Gasteiger charge is -2.22. The minimum absolute atomic E-state index is 0. The van der Waals surface area contributed by atoms with Crippen LogP contribution in [-0.4, -0.2) is 40.4 Å². The minimum atomic E-state index is -0.723. The van der Waals surface area contributed by atoms with Crippen LogP contribution >= 0.6 is 12.4 Å². The topological polar surface area (TPSA) is 79.2 Å². The van der Waals surface area contributed by atoms with Gasteiger partial charge >= 0.3 is 0 Å². The molecule has 1 amide bonds. The Labute approximate surface area is 154 Å². The number of carbonyl (C=O) groups excluding carboxylic acids is 1. The van der Waals surface area contributed by atoms with Crippen molar-refractivity contribution in [2.45, 2.75) is 31.9 Å². The molecule has 3 N–H and O–H groups in total. The number of benzene rings is 1. The van der Waals surface area contributed by atoms with Crippen LogP contribution < -0.4 is 10.6 Å². The molecular formula is C18H25ClN4O2. The zero-order valence-corrected chi connectivity index (χ0v) is 15.1. The van der Waals surface area contributed by atoms with Crippen LogP contribution in [0.2, 0.25) is 0 Å². The lowest BCUT2D eigenvalue weighted by molar-refractivity contribution is 0.0910. The molecule has 1 aliphatic rings. The van der Waals surface area contributed by atoms with Crippen molar-refractivity contribution in [3.63, 3.8) is 0 Å². The predicted molar refractivity (Wildman–Crippen MR) is 99.1 cm³/mol. The zero-order chi connectivity index (χ0) is 16.9. The van der Waals surface area contributed by atoms with Gasteiger partial charge in [-0.3, -0.25) is 9.48 Å². The summed E-state index contributed by atoms with van der Waals surface area (Å²) < 4.78 is 1.86. The summed E-state index contributed by atoms with van der Waals surface area (Å²) in [6.07, 6.45) is 3.32. The number of piperidine rings is 1. The van der Waals surface area contributed by atoms with E-state index in [4.69, 9.17) is 0 Å². The van der Waals surface area contributed by atoms with E-state index in [1.807, 2.05) is 42.1 Å². The van der Waals surface area contributed by atoms with E-state index in [0.717, 1.165) is 37.1 Å². The molecule has 1 aromatic carbocycles. The maximum Gasteiger partial charge on any atom is 0.271 e. The van der Waals surface area contributed by atoms with E-state index in [1.54, 1.807) is 6.07 Å². The van der Waals surface area contributed by atoms with E-state index in [1.165, 1.54) is 0 Å². The van der Waals surface area contributed by atoms with Crippen LogP contribution in [-0.2, 0) is 0 Å². The number of aliphatic hydroxyl groups excluding tert-OH is 1. The first kappa shape index (κ1) is 19.4. The molecule has 0 spiro atoms. The smallest absolute Gasteiger partial charge is 0.271 e. The average molecular weight is 365 g/mol. The van der Waals surface area contributed by atoms with Gasteiger partial charge in [0.25, 0.3) is 5.91 Å². The van der Waals surface area contributed by atoms with Crippen molar-refractivity contribution >= 4 is 18.3 Å². The van der Waals surface area contributed by atoms with Crippen molar-refractivity contribution in [2.24, 2.45) is 0 Å². The number of halogens is 1. The van der Waals surface area contributed by atoms with Crippen molar-refractivity contribution in [2.75, 3.05) is 19.6 Å². The minimum Gasteiger partial charge on any atom is -0.387 e. The fourth-order valence-corrected chi connectivity index (χ4v) is 2.91. The van der Waals surface area contributed by atoms with Crippen LogP contribution in [0.1, 0.15) is 46.6 Å². The maximum absolute atomic E-state index is 12.2. The number of aromatic nitrogens is 2. The van der Waals surface area contributed by atoms with Gasteiger partial charge in [-0.1, -0.05) is 29.8 Å². The Morgan fingerprint density at radius 3 is 2.84 bits per heavy atom. The molecule has 2 atom stereocenters. The van der Waals surface area contributed by atoms with E-state index >= 15 is 0 Å². The Kier molecular flexibility index (Phi) is 6.99. The highest BCUT2D eigenvalue weighted by Crippen LogP contribution is 2.16. The summed E-state index contributed by atoms with van der Waals surface area (Å²) in [7, 11) is 0. The number of aliphatic hydroxyl groups is 1. The van der Waals surface area contributed by atoms with Crippen LogP contribution in [0.4, 0.5) is 0 Å². The van der Waals surface area contributed by atoms with Gasteiger partial charge in [-0.2, -0.15) is 5.10 Å². The maximum atomic E-state index is 12.2. The normalized spacial score (nSPS) is 18.2. The molecule has 1 aliphatic heterocycles. The highest BCUT2D eigenvalue weighted by molar-refractivity contribution is 5.92. The molecule has 3 rings (SSSR count). The van der Waals surface area contributed by atoms with Gasteiger partial charge in [0.05, 0.1) is 12.1 Å². The van der Waals surface area contributed by atoms with Crippen LogP contribution in [0.25, 0.3) is 0 Å². The molecule has 0 aliphatic carbocycles. The quantitative estimate of drug-likeness (QED) is 0.758. The third-order valence-electron chi connectivity index (χ3n) is 4.40. The van der Waals surface area contributed by atoms with E-state index in [0.29, 0.717) is 11.7 Å². The zero-order valence-electron chi connectivity index (χ0n) is 14.3. The highest BCUT2D eigenvalue weighted by Gasteiger charge is 2.18. The molecular weight excluding hydrogens is 340 g/mol. The fourth-order valence-electron chi connectivity index (χ4n) is 2.91. The Balaban J connectivity index is 0.00000225. The first-order valence-corrected chi connectivity index (χ1v) is 8.42. The Morgan fingerprint density at radius 1 is 1.40 bits per heavy atom. The van der Waals surface area contributed by atoms with Crippen LogP contribution in [0.3, 0.4) is 0 Å². The van der Waals surface area contributed by atoms with Crippen molar-refractivity contribution in [1.29, 1.82) is 0 Å². The molecule has 1 saturated heterocycles. The third kappa shape index (κ3) is 5.04. The lowest BCUT2D eigenvalue weighted by Crippen LogP contribution is -2.32. The molecule has 136 valence electrons. The van der Waals surface area contributed by atoms with Gasteiger partial charge in [-0.15, -0.1) is 12.4 Å². The Morgan fingerprint density at radius 2 is 2.16 bits per heavy atom. The third-order valence-corrected chi connectivity index (χ3v) is 4.40. The largest absolute Gasteiger partial charge is 0.387 e. The molecule has 2 unspecified atom stereocenters. The second kappa shape index (κ2) is 8.99. The van der Waals surface area contributed by atoms with Gasteiger partial charge in [0.15, 0.2) is 0 Å². The molecule has 7 heteroatoms. The number of hydrogen-bond acceptors (Lipinski definition) is 4. The Bertz CT molecular complexity index is 681. The number of amides is 1. The number of carbonyl (C=O) groups is 1. The summed E-state index contributed by atoms with van der Waals surface area (Å²) in [4.78, 5) is 12.2. The molecule has 2 aromatic rings. The van der Waals surface area contributed by atoms with Crippen LogP contribution in [0.5, 0.6) is 0 Å². The Hall–Kier alpha value is -1.89. The van der Waals surface area contributed by atoms with Gasteiger partial charge in [0.1, 0.15) is 5.69 Å². The molecule has 1 aromatic heterocycles. The van der Waals surface area contributed by atoms with Crippen LogP contribution in [0.15, 0.2) is 36.5 Å². The summed E-state index contributed by atoms with van der Waals surface area (Å²) in [5, 5.41) is 20.6. The second-order valence-corrected chi connectivity index (χ2v) is 6.32. The van der Waals surface area contributed by atoms with E-state index in [9.17, 15) is 9.90 Å². The summed E-state index contributed by atoms with van der Waals surface area (Å²) in [5.41, 5.74) is 2.31. The van der Waals surface area contributed by atoms with Crippen molar-refractivity contribution in [3.05, 3.63) is 53.3 Å². The molecule has 0 radical (unpaired) electrons. The van der Waals surface area contributed by atoms with Crippen molar-refractivity contribution in [3.8, 4) is 0 Å². The first-order chi connectivity index (χ1) is 11.6. The SMILES string of the molecule is Cc1ccc(C(O)CNC(=O)c2ccn(C3CCCNC3)n2)cc1.Cl.